The monoisotopic (exact) mass is 219 g/mol. The molecule has 0 amide bonds. The zero-order chi connectivity index (χ0) is 11.4. The number of aromatic nitrogens is 1. The second kappa shape index (κ2) is 5.44. The lowest BCUT2D eigenvalue weighted by Gasteiger charge is -2.22. The molecule has 0 saturated heterocycles. The van der Waals surface area contributed by atoms with Gasteiger partial charge in [-0.25, -0.2) is 0 Å². The quantitative estimate of drug-likeness (QED) is 0.844. The van der Waals surface area contributed by atoms with Gasteiger partial charge in [-0.2, -0.15) is 0 Å². The standard InChI is InChI=1S/C14H21NO/c1-11(13-6-8-15-9-7-13)14(16)10-12-4-2-3-5-12/h6-9,11-12,14,16H,2-5,10H2,1H3. The Morgan fingerprint density at radius 3 is 2.56 bits per heavy atom. The van der Waals surface area contributed by atoms with E-state index in [4.69, 9.17) is 0 Å². The SMILES string of the molecule is CC(c1ccncc1)C(O)CC1CCCC1. The first-order valence-corrected chi connectivity index (χ1v) is 6.35. The van der Waals surface area contributed by atoms with E-state index >= 15 is 0 Å². The van der Waals surface area contributed by atoms with Gasteiger partial charge in [0.15, 0.2) is 0 Å². The van der Waals surface area contributed by atoms with Gasteiger partial charge in [-0.1, -0.05) is 32.6 Å². The van der Waals surface area contributed by atoms with E-state index in [1.165, 1.54) is 31.2 Å². The van der Waals surface area contributed by atoms with E-state index in [1.807, 2.05) is 12.1 Å². The molecule has 1 aromatic rings. The largest absolute Gasteiger partial charge is 0.392 e. The molecule has 1 aliphatic carbocycles. The Bertz CT molecular complexity index is 306. The highest BCUT2D eigenvalue weighted by Crippen LogP contribution is 2.32. The maximum Gasteiger partial charge on any atom is 0.0608 e. The van der Waals surface area contributed by atoms with Crippen molar-refractivity contribution >= 4 is 0 Å². The highest BCUT2D eigenvalue weighted by molar-refractivity contribution is 5.16. The van der Waals surface area contributed by atoms with E-state index in [9.17, 15) is 5.11 Å². The minimum absolute atomic E-state index is 0.203. The summed E-state index contributed by atoms with van der Waals surface area (Å²) in [7, 11) is 0. The molecule has 0 aromatic carbocycles. The molecule has 2 rings (SSSR count). The van der Waals surface area contributed by atoms with Crippen LogP contribution in [0.5, 0.6) is 0 Å². The van der Waals surface area contributed by atoms with Crippen LogP contribution in [0.1, 0.15) is 50.5 Å². The van der Waals surface area contributed by atoms with Crippen LogP contribution in [-0.2, 0) is 0 Å². The molecule has 0 aliphatic heterocycles. The molecule has 1 fully saturated rings. The maximum absolute atomic E-state index is 10.2. The number of aliphatic hydroxyl groups excluding tert-OH is 1. The third kappa shape index (κ3) is 2.82. The Balaban J connectivity index is 1.91. The van der Waals surface area contributed by atoms with Crippen molar-refractivity contribution in [2.45, 2.75) is 51.0 Å². The highest BCUT2D eigenvalue weighted by atomic mass is 16.3. The molecule has 2 atom stereocenters. The summed E-state index contributed by atoms with van der Waals surface area (Å²) in [6.07, 6.45) is 9.67. The maximum atomic E-state index is 10.2. The summed E-state index contributed by atoms with van der Waals surface area (Å²) in [5.41, 5.74) is 1.19. The summed E-state index contributed by atoms with van der Waals surface area (Å²) in [6.45, 7) is 2.11. The summed E-state index contributed by atoms with van der Waals surface area (Å²) in [6, 6.07) is 4.01. The molecular weight excluding hydrogens is 198 g/mol. The molecular formula is C14H21NO. The molecule has 2 nitrogen and oxygen atoms in total. The number of pyridine rings is 1. The Kier molecular flexibility index (Phi) is 3.94. The second-order valence-corrected chi connectivity index (χ2v) is 5.02. The minimum Gasteiger partial charge on any atom is -0.392 e. The lowest BCUT2D eigenvalue weighted by atomic mass is 9.89. The van der Waals surface area contributed by atoms with Crippen LogP contribution in [0.4, 0.5) is 0 Å². The van der Waals surface area contributed by atoms with E-state index in [2.05, 4.69) is 11.9 Å². The predicted molar refractivity (Wildman–Crippen MR) is 65.2 cm³/mol. The van der Waals surface area contributed by atoms with Gasteiger partial charge in [-0.05, 0) is 30.0 Å². The van der Waals surface area contributed by atoms with Gasteiger partial charge >= 0.3 is 0 Å². The molecule has 2 heteroatoms. The Morgan fingerprint density at radius 2 is 1.94 bits per heavy atom. The summed E-state index contributed by atoms with van der Waals surface area (Å²) in [4.78, 5) is 4.01. The van der Waals surface area contributed by atoms with Gasteiger partial charge in [0.25, 0.3) is 0 Å². The van der Waals surface area contributed by atoms with Crippen molar-refractivity contribution in [1.82, 2.24) is 4.98 Å². The Labute approximate surface area is 97.7 Å². The number of hydrogen-bond donors (Lipinski definition) is 1. The fourth-order valence-corrected chi connectivity index (χ4v) is 2.68. The molecule has 0 radical (unpaired) electrons. The van der Waals surface area contributed by atoms with Crippen molar-refractivity contribution in [1.29, 1.82) is 0 Å². The topological polar surface area (TPSA) is 33.1 Å². The smallest absolute Gasteiger partial charge is 0.0608 e. The average molecular weight is 219 g/mol. The molecule has 16 heavy (non-hydrogen) atoms. The molecule has 0 spiro atoms. The molecule has 1 saturated carbocycles. The van der Waals surface area contributed by atoms with Gasteiger partial charge in [0, 0.05) is 18.3 Å². The van der Waals surface area contributed by atoms with Crippen LogP contribution in [-0.4, -0.2) is 16.2 Å². The lowest BCUT2D eigenvalue weighted by Crippen LogP contribution is -2.19. The predicted octanol–water partition coefficient (Wildman–Crippen LogP) is 3.13. The fourth-order valence-electron chi connectivity index (χ4n) is 2.68. The van der Waals surface area contributed by atoms with Crippen LogP contribution in [0.15, 0.2) is 24.5 Å². The van der Waals surface area contributed by atoms with Crippen LogP contribution in [0.3, 0.4) is 0 Å². The number of aliphatic hydroxyl groups is 1. The Hall–Kier alpha value is -0.890. The van der Waals surface area contributed by atoms with Crippen molar-refractivity contribution in [2.24, 2.45) is 5.92 Å². The summed E-state index contributed by atoms with van der Waals surface area (Å²) >= 11 is 0. The third-order valence-corrected chi connectivity index (χ3v) is 3.86. The first-order valence-electron chi connectivity index (χ1n) is 6.35. The van der Waals surface area contributed by atoms with Gasteiger partial charge in [0.1, 0.15) is 0 Å². The molecule has 1 aromatic heterocycles. The van der Waals surface area contributed by atoms with Crippen LogP contribution in [0.2, 0.25) is 0 Å². The van der Waals surface area contributed by atoms with Crippen molar-refractivity contribution in [3.05, 3.63) is 30.1 Å². The fraction of sp³-hybridized carbons (Fsp3) is 0.643. The number of hydrogen-bond acceptors (Lipinski definition) is 2. The highest BCUT2D eigenvalue weighted by Gasteiger charge is 2.23. The molecule has 1 aliphatic rings. The van der Waals surface area contributed by atoms with Crippen LogP contribution in [0.25, 0.3) is 0 Å². The van der Waals surface area contributed by atoms with Crippen molar-refractivity contribution in [3.63, 3.8) is 0 Å². The van der Waals surface area contributed by atoms with Crippen molar-refractivity contribution in [3.8, 4) is 0 Å². The van der Waals surface area contributed by atoms with Crippen molar-refractivity contribution in [2.75, 3.05) is 0 Å². The molecule has 2 unspecified atom stereocenters. The normalized spacial score (nSPS) is 20.9. The third-order valence-electron chi connectivity index (χ3n) is 3.86. The molecule has 1 heterocycles. The van der Waals surface area contributed by atoms with E-state index in [1.54, 1.807) is 12.4 Å². The molecule has 88 valence electrons. The number of rotatable bonds is 4. The van der Waals surface area contributed by atoms with E-state index in [-0.39, 0.29) is 12.0 Å². The first kappa shape index (κ1) is 11.6. The van der Waals surface area contributed by atoms with Crippen LogP contribution >= 0.6 is 0 Å². The minimum atomic E-state index is -0.203. The molecule has 0 bridgehead atoms. The Morgan fingerprint density at radius 1 is 1.31 bits per heavy atom. The van der Waals surface area contributed by atoms with Crippen LogP contribution < -0.4 is 0 Å². The van der Waals surface area contributed by atoms with Gasteiger partial charge < -0.3 is 5.11 Å². The van der Waals surface area contributed by atoms with Gasteiger partial charge in [0.05, 0.1) is 6.10 Å². The zero-order valence-electron chi connectivity index (χ0n) is 9.97. The van der Waals surface area contributed by atoms with Gasteiger partial charge in [-0.3, -0.25) is 4.98 Å². The summed E-state index contributed by atoms with van der Waals surface area (Å²) in [5, 5.41) is 10.2. The summed E-state index contributed by atoms with van der Waals surface area (Å²) in [5.74, 6) is 0.975. The van der Waals surface area contributed by atoms with Gasteiger partial charge in [0.2, 0.25) is 0 Å². The molecule has 1 N–H and O–H groups in total. The van der Waals surface area contributed by atoms with E-state index < -0.39 is 0 Å². The van der Waals surface area contributed by atoms with Crippen LogP contribution in [0, 0.1) is 5.92 Å². The number of nitrogens with zero attached hydrogens (tertiary/aromatic N) is 1. The van der Waals surface area contributed by atoms with Gasteiger partial charge in [-0.15, -0.1) is 0 Å². The van der Waals surface area contributed by atoms with Crippen molar-refractivity contribution < 1.29 is 5.11 Å². The van der Waals surface area contributed by atoms with E-state index in [0.717, 1.165) is 12.3 Å². The summed E-state index contributed by atoms with van der Waals surface area (Å²) < 4.78 is 0. The first-order chi connectivity index (χ1) is 7.77. The zero-order valence-corrected chi connectivity index (χ0v) is 9.97. The van der Waals surface area contributed by atoms with E-state index in [0.29, 0.717) is 0 Å². The lowest BCUT2D eigenvalue weighted by molar-refractivity contribution is 0.120. The second-order valence-electron chi connectivity index (χ2n) is 5.02. The average Bonchev–Trinajstić information content (AvgIpc) is 2.82.